The molecule has 0 radical (unpaired) electrons. The number of hydrogen-bond acceptors (Lipinski definition) is 1. The first kappa shape index (κ1) is 22.4. The molecule has 2 heterocycles. The Morgan fingerprint density at radius 1 is 0.390 bits per heavy atom. The average molecular weight is 521 g/mol. The summed E-state index contributed by atoms with van der Waals surface area (Å²) in [5, 5.41) is 3.72. The normalized spacial score (nSPS) is 11.9. The van der Waals surface area contributed by atoms with Gasteiger partial charge in [0, 0.05) is 28.0 Å². The molecule has 6 aromatic carbocycles. The van der Waals surface area contributed by atoms with E-state index in [1.54, 1.807) is 0 Å². The third-order valence-electron chi connectivity index (χ3n) is 8.62. The molecular weight excluding hydrogens is 496 g/mol. The fourth-order valence-corrected chi connectivity index (χ4v) is 6.89. The number of pyridine rings is 1. The van der Waals surface area contributed by atoms with Crippen LogP contribution in [-0.4, -0.2) is 9.55 Å². The van der Waals surface area contributed by atoms with Gasteiger partial charge >= 0.3 is 0 Å². The zero-order chi connectivity index (χ0) is 26.9. The van der Waals surface area contributed by atoms with E-state index in [0.29, 0.717) is 0 Å². The first-order valence-corrected chi connectivity index (χ1v) is 14.1. The van der Waals surface area contributed by atoms with E-state index in [2.05, 4.69) is 138 Å². The monoisotopic (exact) mass is 520 g/mol. The zero-order valence-corrected chi connectivity index (χ0v) is 22.3. The number of aromatic nitrogens is 2. The van der Waals surface area contributed by atoms with E-state index in [1.807, 2.05) is 12.3 Å². The van der Waals surface area contributed by atoms with Crippen LogP contribution in [0.3, 0.4) is 0 Å². The highest BCUT2D eigenvalue weighted by Gasteiger charge is 2.24. The van der Waals surface area contributed by atoms with Gasteiger partial charge in [0.25, 0.3) is 0 Å². The van der Waals surface area contributed by atoms with Gasteiger partial charge in [0.15, 0.2) is 0 Å². The van der Waals surface area contributed by atoms with Gasteiger partial charge in [-0.1, -0.05) is 103 Å². The molecular formula is C39H24N2. The Kier molecular flexibility index (Phi) is 4.64. The van der Waals surface area contributed by atoms with Crippen molar-refractivity contribution in [3.8, 4) is 50.2 Å². The molecule has 0 atom stereocenters. The Balaban J connectivity index is 1.42. The molecule has 8 aromatic rings. The van der Waals surface area contributed by atoms with Crippen molar-refractivity contribution in [1.82, 2.24) is 9.55 Å². The molecule has 0 saturated heterocycles. The number of benzene rings is 6. The molecule has 0 N–H and O–H groups in total. The molecule has 0 bridgehead atoms. The van der Waals surface area contributed by atoms with Crippen molar-refractivity contribution in [2.45, 2.75) is 0 Å². The van der Waals surface area contributed by atoms with Crippen molar-refractivity contribution in [3.05, 3.63) is 146 Å². The molecule has 2 nitrogen and oxygen atoms in total. The summed E-state index contributed by atoms with van der Waals surface area (Å²) in [5.41, 5.74) is 14.5. The van der Waals surface area contributed by atoms with Gasteiger partial charge in [-0.25, -0.2) is 0 Å². The lowest BCUT2D eigenvalue weighted by atomic mass is 9.79. The highest BCUT2D eigenvalue weighted by Crippen LogP contribution is 2.50. The summed E-state index contributed by atoms with van der Waals surface area (Å²) in [6.07, 6.45) is 1.88. The van der Waals surface area contributed by atoms with Crippen LogP contribution in [0, 0.1) is 0 Å². The van der Waals surface area contributed by atoms with Gasteiger partial charge in [-0.05, 0) is 80.9 Å². The maximum atomic E-state index is 4.72. The van der Waals surface area contributed by atoms with E-state index in [-0.39, 0.29) is 0 Å². The van der Waals surface area contributed by atoms with Crippen LogP contribution in [0.5, 0.6) is 0 Å². The summed E-state index contributed by atoms with van der Waals surface area (Å²) in [4.78, 5) is 4.72. The minimum atomic E-state index is 1.01. The SMILES string of the molecule is c1ccc2c(c1)-c1ccc(-n3c4ccccc4c4ccccc43)cc1-c1ccccc1-c1c-2ccc2ncccc12. The summed E-state index contributed by atoms with van der Waals surface area (Å²) >= 11 is 0. The summed E-state index contributed by atoms with van der Waals surface area (Å²) in [7, 11) is 0. The number of para-hydroxylation sites is 2. The van der Waals surface area contributed by atoms with E-state index >= 15 is 0 Å². The standard InChI is InChI=1S/C39H24N2/c1-2-11-27-26(10-1)29-20-19-25(41-37-17-7-5-13-30(37)31-14-6-8-18-38(31)41)24-35(29)28-12-3-4-15-32(28)39-33(27)21-22-36-34(39)16-9-23-40-36/h1-24H. The summed E-state index contributed by atoms with van der Waals surface area (Å²) in [5.74, 6) is 0. The third kappa shape index (κ3) is 3.16. The number of fused-ring (bicyclic) bond motifs is 13. The van der Waals surface area contributed by atoms with Crippen LogP contribution in [0.4, 0.5) is 0 Å². The molecule has 1 aliphatic rings. The molecule has 9 rings (SSSR count). The molecule has 0 unspecified atom stereocenters. The van der Waals surface area contributed by atoms with Crippen molar-refractivity contribution in [2.75, 3.05) is 0 Å². The quantitative estimate of drug-likeness (QED) is 0.210. The maximum Gasteiger partial charge on any atom is 0.0708 e. The maximum absolute atomic E-state index is 4.72. The van der Waals surface area contributed by atoms with Gasteiger partial charge in [0.1, 0.15) is 0 Å². The Labute approximate surface area is 237 Å². The van der Waals surface area contributed by atoms with Gasteiger partial charge in [-0.2, -0.15) is 0 Å². The van der Waals surface area contributed by atoms with Crippen molar-refractivity contribution in [1.29, 1.82) is 0 Å². The molecule has 0 aliphatic heterocycles. The van der Waals surface area contributed by atoms with Crippen LogP contribution in [0.25, 0.3) is 82.9 Å². The minimum absolute atomic E-state index is 1.01. The van der Waals surface area contributed by atoms with Gasteiger partial charge in [0.05, 0.1) is 16.6 Å². The first-order valence-electron chi connectivity index (χ1n) is 14.1. The van der Waals surface area contributed by atoms with E-state index in [1.165, 1.54) is 71.7 Å². The van der Waals surface area contributed by atoms with Gasteiger partial charge in [-0.15, -0.1) is 0 Å². The molecule has 41 heavy (non-hydrogen) atoms. The Hall–Kier alpha value is -5.47. The fraction of sp³-hybridized carbons (Fsp3) is 0. The molecule has 2 aromatic heterocycles. The predicted octanol–water partition coefficient (Wildman–Crippen LogP) is 10.3. The zero-order valence-electron chi connectivity index (χ0n) is 22.3. The summed E-state index contributed by atoms with van der Waals surface area (Å²) in [6.45, 7) is 0. The molecule has 0 amide bonds. The predicted molar refractivity (Wildman–Crippen MR) is 171 cm³/mol. The molecule has 1 aliphatic carbocycles. The highest BCUT2D eigenvalue weighted by atomic mass is 15.0. The van der Waals surface area contributed by atoms with Crippen LogP contribution in [0.1, 0.15) is 0 Å². The lowest BCUT2D eigenvalue weighted by Gasteiger charge is -2.24. The lowest BCUT2D eigenvalue weighted by molar-refractivity contribution is 1.18. The number of rotatable bonds is 1. The van der Waals surface area contributed by atoms with Gasteiger partial charge < -0.3 is 4.57 Å². The summed E-state index contributed by atoms with van der Waals surface area (Å²) in [6, 6.07) is 50.7. The summed E-state index contributed by atoms with van der Waals surface area (Å²) < 4.78 is 2.41. The second-order valence-corrected chi connectivity index (χ2v) is 10.7. The van der Waals surface area contributed by atoms with Crippen LogP contribution in [0.2, 0.25) is 0 Å². The molecule has 0 spiro atoms. The van der Waals surface area contributed by atoms with Crippen LogP contribution >= 0.6 is 0 Å². The van der Waals surface area contributed by atoms with Crippen molar-refractivity contribution in [2.24, 2.45) is 0 Å². The van der Waals surface area contributed by atoms with Crippen molar-refractivity contribution in [3.63, 3.8) is 0 Å². The van der Waals surface area contributed by atoms with Crippen molar-refractivity contribution < 1.29 is 0 Å². The van der Waals surface area contributed by atoms with Crippen LogP contribution in [-0.2, 0) is 0 Å². The first-order chi connectivity index (χ1) is 20.4. The van der Waals surface area contributed by atoms with E-state index < -0.39 is 0 Å². The Morgan fingerprint density at radius 3 is 1.66 bits per heavy atom. The second-order valence-electron chi connectivity index (χ2n) is 10.7. The third-order valence-corrected chi connectivity index (χ3v) is 8.62. The molecule has 0 fully saturated rings. The van der Waals surface area contributed by atoms with Crippen molar-refractivity contribution >= 4 is 32.7 Å². The van der Waals surface area contributed by atoms with E-state index in [0.717, 1.165) is 11.2 Å². The molecule has 0 saturated carbocycles. The average Bonchev–Trinajstić information content (AvgIpc) is 3.38. The van der Waals surface area contributed by atoms with Gasteiger partial charge in [0.2, 0.25) is 0 Å². The van der Waals surface area contributed by atoms with E-state index in [4.69, 9.17) is 4.98 Å². The number of nitrogens with zero attached hydrogens (tertiary/aromatic N) is 2. The largest absolute Gasteiger partial charge is 0.309 e. The fourth-order valence-electron chi connectivity index (χ4n) is 6.89. The topological polar surface area (TPSA) is 17.8 Å². The Bertz CT molecular complexity index is 2270. The van der Waals surface area contributed by atoms with Crippen LogP contribution < -0.4 is 0 Å². The molecule has 2 heteroatoms. The van der Waals surface area contributed by atoms with Gasteiger partial charge in [-0.3, -0.25) is 4.98 Å². The minimum Gasteiger partial charge on any atom is -0.309 e. The second kappa shape index (κ2) is 8.51. The highest BCUT2D eigenvalue weighted by molar-refractivity contribution is 6.12. The molecule has 190 valence electrons. The van der Waals surface area contributed by atoms with Crippen LogP contribution in [0.15, 0.2) is 146 Å². The van der Waals surface area contributed by atoms with E-state index in [9.17, 15) is 0 Å². The lowest BCUT2D eigenvalue weighted by Crippen LogP contribution is -2.00. The Morgan fingerprint density at radius 2 is 0.927 bits per heavy atom. The number of hydrogen-bond donors (Lipinski definition) is 0. The smallest absolute Gasteiger partial charge is 0.0708 e.